The maximum Gasteiger partial charge on any atom is 0.309 e. The molecule has 0 aliphatic heterocycles. The van der Waals surface area contributed by atoms with E-state index in [0.717, 1.165) is 17.7 Å². The van der Waals surface area contributed by atoms with Gasteiger partial charge >= 0.3 is 5.84 Å². The Morgan fingerprint density at radius 3 is 2.70 bits per heavy atom. The molecule has 148 valence electrons. The number of amidine groups is 2. The number of aliphatic imine (C=N–C) groups is 1. The van der Waals surface area contributed by atoms with Gasteiger partial charge in [0.2, 0.25) is 5.84 Å². The molecule has 0 saturated heterocycles. The van der Waals surface area contributed by atoms with E-state index in [1.807, 2.05) is 25.3 Å². The number of aromatic hydroxyl groups is 1. The van der Waals surface area contributed by atoms with Crippen molar-refractivity contribution in [2.75, 3.05) is 0 Å². The lowest BCUT2D eigenvalue weighted by Gasteiger charge is -2.05. The Morgan fingerprint density at radius 1 is 1.44 bits per heavy atom. The van der Waals surface area contributed by atoms with Gasteiger partial charge in [-0.25, -0.2) is 4.99 Å². The second-order valence-electron chi connectivity index (χ2n) is 6.32. The van der Waals surface area contributed by atoms with Gasteiger partial charge in [-0.3, -0.25) is 15.9 Å². The van der Waals surface area contributed by atoms with Crippen LogP contribution in [0.25, 0.3) is 0 Å². The van der Waals surface area contributed by atoms with Crippen molar-refractivity contribution < 1.29 is 14.5 Å². The van der Waals surface area contributed by atoms with E-state index in [-0.39, 0.29) is 23.5 Å². The zero-order valence-corrected chi connectivity index (χ0v) is 17.7. The summed E-state index contributed by atoms with van der Waals surface area (Å²) in [5.41, 5.74) is 13.6. The summed E-state index contributed by atoms with van der Waals surface area (Å²) in [4.78, 5) is 7.40. The minimum Gasteiger partial charge on any atom is -0.504 e. The number of nitrogens with two attached hydrogens (primary N) is 3. The Balaban J connectivity index is 2.27. The standard InChI is InChI=1S/C18H27N5O2S2/c1-5-12(14-7-11(8-25-14)10(3)4)22-16(19)17(20)23-13-9-26-18(15(13)24)27(21)6-2/h6-10,12,24H,5,21H2,1-4H3,(H2,19,22)(H2,20,23)/p+1/t12-,27?/m1/s1. The molecule has 2 rings (SSSR count). The molecule has 2 heterocycles. The number of furan rings is 1. The summed E-state index contributed by atoms with van der Waals surface area (Å²) >= 11 is 1.34. The van der Waals surface area contributed by atoms with Crippen LogP contribution in [0, 0.1) is 0 Å². The molecule has 0 aliphatic carbocycles. The van der Waals surface area contributed by atoms with Crippen molar-refractivity contribution in [1.29, 1.82) is 0 Å². The van der Waals surface area contributed by atoms with Crippen LogP contribution in [0.1, 0.15) is 57.4 Å². The zero-order valence-electron chi connectivity index (χ0n) is 16.0. The van der Waals surface area contributed by atoms with Gasteiger partial charge in [-0.05, 0) is 36.3 Å². The third-order valence-corrected chi connectivity index (χ3v) is 6.83. The Bertz CT molecular complexity index is 880. The molecular formula is C18H28N5O2S2+. The average molecular weight is 411 g/mol. The van der Waals surface area contributed by atoms with E-state index in [2.05, 4.69) is 23.8 Å². The second-order valence-corrected chi connectivity index (χ2v) is 9.08. The lowest BCUT2D eigenvalue weighted by molar-refractivity contribution is -0.512. The smallest absolute Gasteiger partial charge is 0.309 e. The molecule has 9 heteroatoms. The fraction of sp³-hybridized carbons (Fsp3) is 0.389. The van der Waals surface area contributed by atoms with Gasteiger partial charge in [-0.15, -0.1) is 11.3 Å². The fourth-order valence-electron chi connectivity index (χ4n) is 2.36. The Kier molecular flexibility index (Phi) is 7.23. The van der Waals surface area contributed by atoms with Crippen molar-refractivity contribution in [3.63, 3.8) is 0 Å². The summed E-state index contributed by atoms with van der Waals surface area (Å²) in [6.07, 6.45) is 2.52. The van der Waals surface area contributed by atoms with Crippen LogP contribution in [0.2, 0.25) is 0 Å². The molecule has 1 unspecified atom stereocenters. The first kappa shape index (κ1) is 21.2. The minimum absolute atomic E-state index is 0.0411. The molecule has 0 saturated carbocycles. The van der Waals surface area contributed by atoms with E-state index >= 15 is 0 Å². The predicted molar refractivity (Wildman–Crippen MR) is 115 cm³/mol. The summed E-state index contributed by atoms with van der Waals surface area (Å²) in [6, 6.07) is 1.90. The summed E-state index contributed by atoms with van der Waals surface area (Å²) in [7, 11) is -0.626. The highest BCUT2D eigenvalue weighted by Gasteiger charge is 2.19. The minimum atomic E-state index is -0.626. The number of hydrogen-bond acceptors (Lipinski definition) is 5. The summed E-state index contributed by atoms with van der Waals surface area (Å²) < 4.78 is 6.34. The average Bonchev–Trinajstić information content (AvgIpc) is 3.27. The molecule has 7 nitrogen and oxygen atoms in total. The molecule has 0 amide bonds. The van der Waals surface area contributed by atoms with Crippen LogP contribution in [0.3, 0.4) is 0 Å². The van der Waals surface area contributed by atoms with E-state index in [1.165, 1.54) is 11.3 Å². The van der Waals surface area contributed by atoms with E-state index in [1.54, 1.807) is 11.6 Å². The molecule has 0 bridgehead atoms. The maximum atomic E-state index is 10.3. The summed E-state index contributed by atoms with van der Waals surface area (Å²) in [5, 5.41) is 19.8. The number of rotatable bonds is 6. The van der Waals surface area contributed by atoms with Gasteiger partial charge in [0.15, 0.2) is 11.8 Å². The number of thiophene rings is 1. The van der Waals surface area contributed by atoms with Gasteiger partial charge in [0.05, 0.1) is 6.26 Å². The van der Waals surface area contributed by atoms with Crippen LogP contribution in [0.4, 0.5) is 5.69 Å². The largest absolute Gasteiger partial charge is 0.504 e. The quantitative estimate of drug-likeness (QED) is 0.282. The Labute approximate surface area is 166 Å². The molecule has 0 fully saturated rings. The van der Waals surface area contributed by atoms with Gasteiger partial charge in [0.25, 0.3) is 0 Å². The first-order valence-electron chi connectivity index (χ1n) is 8.67. The van der Waals surface area contributed by atoms with Gasteiger partial charge in [-0.1, -0.05) is 31.4 Å². The zero-order chi connectivity index (χ0) is 20.1. The van der Waals surface area contributed by atoms with Gasteiger partial charge < -0.3 is 15.3 Å². The van der Waals surface area contributed by atoms with Crippen molar-refractivity contribution in [1.82, 2.24) is 0 Å². The van der Waals surface area contributed by atoms with Crippen molar-refractivity contribution in [3.8, 4) is 5.75 Å². The van der Waals surface area contributed by atoms with Gasteiger partial charge in [-0.2, -0.15) is 0 Å². The van der Waals surface area contributed by atoms with Crippen LogP contribution < -0.4 is 21.6 Å². The van der Waals surface area contributed by atoms with Crippen LogP contribution in [0.5, 0.6) is 5.75 Å². The topological polar surface area (TPSA) is 138 Å². The molecule has 0 aliphatic rings. The molecule has 0 spiro atoms. The highest BCUT2D eigenvalue weighted by atomic mass is 32.2. The molecule has 8 N–H and O–H groups in total. The highest BCUT2D eigenvalue weighted by Crippen LogP contribution is 2.43. The fourth-order valence-corrected chi connectivity index (χ4v) is 4.38. The molecule has 27 heavy (non-hydrogen) atoms. The van der Waals surface area contributed by atoms with E-state index in [4.69, 9.17) is 21.0 Å². The Morgan fingerprint density at radius 2 is 2.15 bits per heavy atom. The molecule has 2 aromatic rings. The first-order chi connectivity index (χ1) is 12.8. The third kappa shape index (κ3) is 5.00. The van der Waals surface area contributed by atoms with E-state index < -0.39 is 10.7 Å². The normalized spacial score (nSPS) is 15.5. The number of nitrogens with zero attached hydrogens (tertiary/aromatic N) is 1. The molecule has 0 aromatic carbocycles. The molecular weight excluding hydrogens is 382 g/mol. The number of hydrogen-bond donors (Lipinski definition) is 5. The molecule has 0 radical (unpaired) electrons. The predicted octanol–water partition coefficient (Wildman–Crippen LogP) is 2.07. The molecule has 2 atom stereocenters. The second kappa shape index (κ2) is 9.20. The van der Waals surface area contributed by atoms with Crippen LogP contribution in [-0.2, 0) is 0 Å². The molecule has 2 aromatic heterocycles. The first-order valence-corrected chi connectivity index (χ1v) is 10.9. The van der Waals surface area contributed by atoms with E-state index in [0.29, 0.717) is 15.8 Å². The summed E-state index contributed by atoms with van der Waals surface area (Å²) in [6.45, 7) is 8.09. The number of nitrogens with one attached hydrogen (secondary N) is 1. The van der Waals surface area contributed by atoms with Crippen LogP contribution in [-0.4, -0.2) is 22.1 Å². The lowest BCUT2D eigenvalue weighted by atomic mass is 10.1. The SMILES string of the molecule is C/C=S(/N)c1scc(N=C(N)C(N)=[NH+][C@H](CC)c2cc(C(C)C)co2)c1O. The summed E-state index contributed by atoms with van der Waals surface area (Å²) in [5.74, 6) is 1.55. The maximum absolute atomic E-state index is 10.3. The van der Waals surface area contributed by atoms with Crippen molar-refractivity contribution in [3.05, 3.63) is 29.0 Å². The Hall–Kier alpha value is -2.10. The highest BCUT2D eigenvalue weighted by molar-refractivity contribution is 8.14. The van der Waals surface area contributed by atoms with Gasteiger partial charge in [0.1, 0.15) is 15.7 Å². The van der Waals surface area contributed by atoms with Crippen LogP contribution >= 0.6 is 22.0 Å². The van der Waals surface area contributed by atoms with Crippen molar-refractivity contribution in [2.24, 2.45) is 21.6 Å². The van der Waals surface area contributed by atoms with E-state index in [9.17, 15) is 5.11 Å². The third-order valence-electron chi connectivity index (χ3n) is 4.09. The van der Waals surface area contributed by atoms with Gasteiger partial charge in [0, 0.05) is 5.38 Å². The van der Waals surface area contributed by atoms with Crippen LogP contribution in [0.15, 0.2) is 31.3 Å². The van der Waals surface area contributed by atoms with Crippen molar-refractivity contribution >= 4 is 44.7 Å². The monoisotopic (exact) mass is 410 g/mol. The van der Waals surface area contributed by atoms with Crippen molar-refractivity contribution in [2.45, 2.75) is 50.3 Å². The lowest BCUT2D eigenvalue weighted by Crippen LogP contribution is -2.79.